The van der Waals surface area contributed by atoms with E-state index in [1.807, 2.05) is 13.0 Å². The van der Waals surface area contributed by atoms with Gasteiger partial charge in [-0.3, -0.25) is 4.79 Å². The van der Waals surface area contributed by atoms with Gasteiger partial charge in [-0.15, -0.1) is 0 Å². The minimum Gasteiger partial charge on any atom is -0.507 e. The van der Waals surface area contributed by atoms with Crippen LogP contribution in [0.25, 0.3) is 0 Å². The maximum atomic E-state index is 12.3. The number of phenols is 1. The molecule has 1 amide bonds. The van der Waals surface area contributed by atoms with Crippen LogP contribution in [0.4, 0.5) is 0 Å². The van der Waals surface area contributed by atoms with Crippen molar-refractivity contribution in [3.05, 3.63) is 28.8 Å². The summed E-state index contributed by atoms with van der Waals surface area (Å²) >= 11 is 0. The molecular weight excluding hydrogens is 314 g/mol. The molecule has 0 saturated carbocycles. The van der Waals surface area contributed by atoms with Crippen LogP contribution in [-0.2, 0) is 22.0 Å². The van der Waals surface area contributed by atoms with Crippen molar-refractivity contribution in [3.63, 3.8) is 0 Å². The van der Waals surface area contributed by atoms with Crippen LogP contribution < -0.4 is 0 Å². The fourth-order valence-corrected chi connectivity index (χ4v) is 2.87. The van der Waals surface area contributed by atoms with E-state index in [2.05, 4.69) is 47.6 Å². The fraction of sp³-hybridized carbons (Fsp3) is 0.667. The van der Waals surface area contributed by atoms with Crippen LogP contribution in [0.2, 0.25) is 0 Å². The zero-order valence-corrected chi connectivity index (χ0v) is 16.9. The standard InChI is InChI=1S/C21H35NO3/c1-8-22(11-12-23)18(24)10-9-15-13-16(20(2,3)4)14-17(19(15)25)21(5,6)7/h13-14,23,25H,8-12H2,1-7H3. The Labute approximate surface area is 152 Å². The maximum Gasteiger partial charge on any atom is 0.222 e. The lowest BCUT2D eigenvalue weighted by molar-refractivity contribution is -0.131. The molecule has 0 atom stereocenters. The van der Waals surface area contributed by atoms with Crippen LogP contribution in [-0.4, -0.2) is 40.7 Å². The van der Waals surface area contributed by atoms with Crippen LogP contribution in [0, 0.1) is 0 Å². The van der Waals surface area contributed by atoms with E-state index in [4.69, 9.17) is 5.11 Å². The highest BCUT2D eigenvalue weighted by molar-refractivity contribution is 5.76. The van der Waals surface area contributed by atoms with Crippen LogP contribution in [0.3, 0.4) is 0 Å². The lowest BCUT2D eigenvalue weighted by Gasteiger charge is -2.28. The van der Waals surface area contributed by atoms with Crippen molar-refractivity contribution in [2.24, 2.45) is 0 Å². The molecule has 0 saturated heterocycles. The Morgan fingerprint density at radius 3 is 2.12 bits per heavy atom. The second kappa shape index (κ2) is 8.22. The van der Waals surface area contributed by atoms with Gasteiger partial charge in [-0.1, -0.05) is 53.7 Å². The maximum absolute atomic E-state index is 12.3. The lowest BCUT2D eigenvalue weighted by atomic mass is 9.78. The first-order valence-electron chi connectivity index (χ1n) is 9.17. The Hall–Kier alpha value is -1.55. The van der Waals surface area contributed by atoms with Gasteiger partial charge >= 0.3 is 0 Å². The van der Waals surface area contributed by atoms with Crippen LogP contribution >= 0.6 is 0 Å². The third-order valence-electron chi connectivity index (χ3n) is 4.58. The first-order valence-corrected chi connectivity index (χ1v) is 9.17. The Kier molecular flexibility index (Phi) is 7.07. The molecule has 0 radical (unpaired) electrons. The van der Waals surface area contributed by atoms with Gasteiger partial charge in [0.1, 0.15) is 5.75 Å². The SMILES string of the molecule is CCN(CCO)C(=O)CCc1cc(C(C)(C)C)cc(C(C)(C)C)c1O. The first-order chi connectivity index (χ1) is 11.4. The molecule has 0 spiro atoms. The number of nitrogens with zero attached hydrogens (tertiary/aromatic N) is 1. The number of aryl methyl sites for hydroxylation is 1. The summed E-state index contributed by atoms with van der Waals surface area (Å²) in [5.41, 5.74) is 2.71. The third kappa shape index (κ3) is 5.74. The van der Waals surface area contributed by atoms with Gasteiger partial charge in [0.15, 0.2) is 0 Å². The molecular formula is C21H35NO3. The summed E-state index contributed by atoms with van der Waals surface area (Å²) < 4.78 is 0. The van der Waals surface area contributed by atoms with Crippen LogP contribution in [0.15, 0.2) is 12.1 Å². The van der Waals surface area contributed by atoms with E-state index < -0.39 is 0 Å². The number of benzene rings is 1. The van der Waals surface area contributed by atoms with Gasteiger partial charge in [0.25, 0.3) is 0 Å². The number of amides is 1. The molecule has 4 nitrogen and oxygen atoms in total. The number of aliphatic hydroxyl groups is 1. The highest BCUT2D eigenvalue weighted by atomic mass is 16.3. The molecule has 0 aliphatic rings. The molecule has 0 unspecified atom stereocenters. The van der Waals surface area contributed by atoms with Crippen molar-refractivity contribution >= 4 is 5.91 Å². The smallest absolute Gasteiger partial charge is 0.222 e. The number of aromatic hydroxyl groups is 1. The van der Waals surface area contributed by atoms with Gasteiger partial charge in [-0.2, -0.15) is 0 Å². The van der Waals surface area contributed by atoms with E-state index in [0.29, 0.717) is 31.7 Å². The molecule has 25 heavy (non-hydrogen) atoms. The molecule has 0 bridgehead atoms. The molecule has 142 valence electrons. The average Bonchev–Trinajstić information content (AvgIpc) is 2.48. The average molecular weight is 350 g/mol. The molecule has 0 fully saturated rings. The summed E-state index contributed by atoms with van der Waals surface area (Å²) in [4.78, 5) is 14.0. The van der Waals surface area contributed by atoms with Crippen LogP contribution in [0.5, 0.6) is 5.75 Å². The zero-order valence-electron chi connectivity index (χ0n) is 16.9. The first kappa shape index (κ1) is 21.5. The summed E-state index contributed by atoms with van der Waals surface area (Å²) in [5.74, 6) is 0.313. The number of phenolic OH excluding ortho intramolecular Hbond substituents is 1. The van der Waals surface area contributed by atoms with Crippen LogP contribution in [0.1, 0.15) is 71.6 Å². The lowest BCUT2D eigenvalue weighted by Crippen LogP contribution is -2.33. The molecule has 1 rings (SSSR count). The Bertz CT molecular complexity index is 594. The number of carbonyl (C=O) groups excluding carboxylic acids is 1. The van der Waals surface area contributed by atoms with Gasteiger partial charge in [0.2, 0.25) is 5.91 Å². The summed E-state index contributed by atoms with van der Waals surface area (Å²) in [7, 11) is 0. The predicted octanol–water partition coefficient (Wildman–Crippen LogP) is 3.76. The largest absolute Gasteiger partial charge is 0.507 e. The van der Waals surface area contributed by atoms with Crippen molar-refractivity contribution in [2.75, 3.05) is 19.7 Å². The molecule has 0 aliphatic heterocycles. The van der Waals surface area contributed by atoms with E-state index in [0.717, 1.165) is 11.1 Å². The van der Waals surface area contributed by atoms with Gasteiger partial charge < -0.3 is 15.1 Å². The summed E-state index contributed by atoms with van der Waals surface area (Å²) in [5, 5.41) is 19.8. The van der Waals surface area contributed by atoms with E-state index in [-0.39, 0.29) is 23.3 Å². The summed E-state index contributed by atoms with van der Waals surface area (Å²) in [6.07, 6.45) is 0.832. The molecule has 0 aliphatic carbocycles. The summed E-state index contributed by atoms with van der Waals surface area (Å²) in [6, 6.07) is 4.12. The highest BCUT2D eigenvalue weighted by Gasteiger charge is 2.25. The van der Waals surface area contributed by atoms with E-state index in [1.165, 1.54) is 5.56 Å². The zero-order chi connectivity index (χ0) is 19.4. The van der Waals surface area contributed by atoms with E-state index >= 15 is 0 Å². The topological polar surface area (TPSA) is 60.8 Å². The molecule has 0 aromatic heterocycles. The number of aliphatic hydroxyl groups excluding tert-OH is 1. The minimum atomic E-state index is -0.170. The number of hydrogen-bond acceptors (Lipinski definition) is 3. The van der Waals surface area contributed by atoms with Crippen molar-refractivity contribution in [1.82, 2.24) is 4.90 Å². The number of likely N-dealkylation sites (N-methyl/N-ethyl adjacent to an activating group) is 1. The van der Waals surface area contributed by atoms with E-state index in [1.54, 1.807) is 4.90 Å². The van der Waals surface area contributed by atoms with Gasteiger partial charge in [-0.05, 0) is 40.9 Å². The minimum absolute atomic E-state index is 0.00872. The van der Waals surface area contributed by atoms with Crippen molar-refractivity contribution < 1.29 is 15.0 Å². The predicted molar refractivity (Wildman–Crippen MR) is 103 cm³/mol. The Morgan fingerprint density at radius 1 is 1.08 bits per heavy atom. The quantitative estimate of drug-likeness (QED) is 0.822. The van der Waals surface area contributed by atoms with Crippen molar-refractivity contribution in [2.45, 2.75) is 72.1 Å². The van der Waals surface area contributed by atoms with Gasteiger partial charge in [0, 0.05) is 19.5 Å². The molecule has 0 heterocycles. The Balaban J connectivity index is 3.16. The fourth-order valence-electron chi connectivity index (χ4n) is 2.87. The van der Waals surface area contributed by atoms with Crippen molar-refractivity contribution in [1.29, 1.82) is 0 Å². The summed E-state index contributed by atoms with van der Waals surface area (Å²) in [6.45, 7) is 15.5. The van der Waals surface area contributed by atoms with E-state index in [9.17, 15) is 9.90 Å². The second-order valence-electron chi connectivity index (χ2n) is 8.73. The molecule has 4 heteroatoms. The monoisotopic (exact) mass is 349 g/mol. The van der Waals surface area contributed by atoms with Crippen molar-refractivity contribution in [3.8, 4) is 5.75 Å². The number of rotatable bonds is 6. The normalized spacial score (nSPS) is 12.3. The van der Waals surface area contributed by atoms with Gasteiger partial charge in [-0.25, -0.2) is 0 Å². The third-order valence-corrected chi connectivity index (χ3v) is 4.58. The Morgan fingerprint density at radius 2 is 1.68 bits per heavy atom. The van der Waals surface area contributed by atoms with Gasteiger partial charge in [0.05, 0.1) is 6.61 Å². The molecule has 1 aromatic rings. The second-order valence-corrected chi connectivity index (χ2v) is 8.73. The number of hydrogen-bond donors (Lipinski definition) is 2. The molecule has 1 aromatic carbocycles. The molecule has 2 N–H and O–H groups in total. The number of carbonyl (C=O) groups is 1. The highest BCUT2D eigenvalue weighted by Crippen LogP contribution is 2.38.